The molecule has 5 heteroatoms. The van der Waals surface area contributed by atoms with Gasteiger partial charge in [0.15, 0.2) is 0 Å². The number of hydrogen-bond donors (Lipinski definition) is 1. The summed E-state index contributed by atoms with van der Waals surface area (Å²) in [5.41, 5.74) is 4.45. The van der Waals surface area contributed by atoms with E-state index in [-0.39, 0.29) is 5.91 Å². The molecule has 2 aromatic carbocycles. The highest BCUT2D eigenvalue weighted by molar-refractivity contribution is 5.95. The normalized spacial score (nSPS) is 12.8. The molecule has 0 heterocycles. The first-order valence-electron chi connectivity index (χ1n) is 8.77. The number of methoxy groups -OCH3 is 2. The minimum atomic E-state index is -0.468. The standard InChI is InChI=1S/C21H23NO4/c1-25-19-10-7-14(11-18(19)21(24)26-2)13-22-20(23)17-9-8-15-5-3-4-6-16(15)12-17/h7-12H,3-6,13H2,1-2H3,(H,22,23). The molecule has 0 radical (unpaired) electrons. The molecule has 26 heavy (non-hydrogen) atoms. The van der Waals surface area contributed by atoms with Crippen molar-refractivity contribution in [3.8, 4) is 5.75 Å². The molecule has 0 fully saturated rings. The number of rotatable bonds is 5. The van der Waals surface area contributed by atoms with Crippen molar-refractivity contribution in [2.24, 2.45) is 0 Å². The van der Waals surface area contributed by atoms with E-state index in [1.165, 1.54) is 38.2 Å². The monoisotopic (exact) mass is 353 g/mol. The third-order valence-corrected chi connectivity index (χ3v) is 4.73. The van der Waals surface area contributed by atoms with E-state index in [0.717, 1.165) is 18.4 Å². The van der Waals surface area contributed by atoms with Gasteiger partial charge in [-0.1, -0.05) is 12.1 Å². The van der Waals surface area contributed by atoms with Crippen LogP contribution in [0, 0.1) is 0 Å². The molecular weight excluding hydrogens is 330 g/mol. The second-order valence-electron chi connectivity index (χ2n) is 6.40. The number of ether oxygens (including phenoxy) is 2. The molecular formula is C21H23NO4. The summed E-state index contributed by atoms with van der Waals surface area (Å²) < 4.78 is 9.96. The van der Waals surface area contributed by atoms with Gasteiger partial charge in [0, 0.05) is 12.1 Å². The Bertz CT molecular complexity index is 829. The fraction of sp³-hybridized carbons (Fsp3) is 0.333. The third kappa shape index (κ3) is 3.87. The Balaban J connectivity index is 1.70. The zero-order valence-corrected chi connectivity index (χ0v) is 15.1. The highest BCUT2D eigenvalue weighted by Crippen LogP contribution is 2.23. The number of aryl methyl sites for hydroxylation is 2. The predicted octanol–water partition coefficient (Wildman–Crippen LogP) is 3.29. The van der Waals surface area contributed by atoms with E-state index in [0.29, 0.717) is 23.4 Å². The molecule has 1 aliphatic carbocycles. The van der Waals surface area contributed by atoms with E-state index in [4.69, 9.17) is 9.47 Å². The predicted molar refractivity (Wildman–Crippen MR) is 98.6 cm³/mol. The van der Waals surface area contributed by atoms with E-state index >= 15 is 0 Å². The molecule has 2 aromatic rings. The van der Waals surface area contributed by atoms with E-state index < -0.39 is 5.97 Å². The molecule has 0 atom stereocenters. The molecule has 0 aromatic heterocycles. The van der Waals surface area contributed by atoms with Crippen LogP contribution in [0.1, 0.15) is 50.2 Å². The van der Waals surface area contributed by atoms with Crippen molar-refractivity contribution < 1.29 is 19.1 Å². The van der Waals surface area contributed by atoms with Crippen molar-refractivity contribution in [3.63, 3.8) is 0 Å². The van der Waals surface area contributed by atoms with Crippen LogP contribution in [-0.4, -0.2) is 26.1 Å². The van der Waals surface area contributed by atoms with Crippen LogP contribution in [-0.2, 0) is 24.1 Å². The minimum absolute atomic E-state index is 0.117. The summed E-state index contributed by atoms with van der Waals surface area (Å²) in [6, 6.07) is 11.1. The first-order chi connectivity index (χ1) is 12.6. The maximum atomic E-state index is 12.5. The van der Waals surface area contributed by atoms with Gasteiger partial charge in [-0.2, -0.15) is 0 Å². The summed E-state index contributed by atoms with van der Waals surface area (Å²) >= 11 is 0. The van der Waals surface area contributed by atoms with Gasteiger partial charge in [0.25, 0.3) is 5.91 Å². The van der Waals surface area contributed by atoms with Gasteiger partial charge < -0.3 is 14.8 Å². The average Bonchev–Trinajstić information content (AvgIpc) is 2.70. The highest BCUT2D eigenvalue weighted by atomic mass is 16.5. The molecule has 5 nitrogen and oxygen atoms in total. The van der Waals surface area contributed by atoms with Crippen molar-refractivity contribution in [1.82, 2.24) is 5.32 Å². The molecule has 1 N–H and O–H groups in total. The smallest absolute Gasteiger partial charge is 0.341 e. The number of fused-ring (bicyclic) bond motifs is 1. The zero-order chi connectivity index (χ0) is 18.5. The van der Waals surface area contributed by atoms with Gasteiger partial charge in [0.2, 0.25) is 0 Å². The van der Waals surface area contributed by atoms with Crippen molar-refractivity contribution in [1.29, 1.82) is 0 Å². The van der Waals surface area contributed by atoms with Crippen LogP contribution in [0.2, 0.25) is 0 Å². The van der Waals surface area contributed by atoms with Crippen molar-refractivity contribution in [2.75, 3.05) is 14.2 Å². The topological polar surface area (TPSA) is 64.6 Å². The van der Waals surface area contributed by atoms with E-state index in [9.17, 15) is 9.59 Å². The molecule has 1 amide bonds. The zero-order valence-electron chi connectivity index (χ0n) is 15.1. The largest absolute Gasteiger partial charge is 0.496 e. The number of carbonyl (C=O) groups is 2. The molecule has 0 spiro atoms. The van der Waals surface area contributed by atoms with E-state index in [1.807, 2.05) is 18.2 Å². The number of nitrogens with one attached hydrogen (secondary N) is 1. The van der Waals surface area contributed by atoms with Crippen LogP contribution >= 0.6 is 0 Å². The lowest BCUT2D eigenvalue weighted by molar-refractivity contribution is 0.0597. The molecule has 1 aliphatic rings. The summed E-state index contributed by atoms with van der Waals surface area (Å²) in [6.07, 6.45) is 4.54. The van der Waals surface area contributed by atoms with Crippen molar-refractivity contribution in [2.45, 2.75) is 32.2 Å². The average molecular weight is 353 g/mol. The Morgan fingerprint density at radius 2 is 1.77 bits per heavy atom. The second-order valence-corrected chi connectivity index (χ2v) is 6.40. The van der Waals surface area contributed by atoms with Gasteiger partial charge in [-0.15, -0.1) is 0 Å². The lowest BCUT2D eigenvalue weighted by atomic mass is 9.90. The molecule has 3 rings (SSSR count). The first kappa shape index (κ1) is 18.0. The lowest BCUT2D eigenvalue weighted by Gasteiger charge is -2.16. The van der Waals surface area contributed by atoms with Crippen molar-refractivity contribution in [3.05, 3.63) is 64.2 Å². The fourth-order valence-electron chi connectivity index (χ4n) is 3.29. The quantitative estimate of drug-likeness (QED) is 0.838. The lowest BCUT2D eigenvalue weighted by Crippen LogP contribution is -2.23. The Morgan fingerprint density at radius 3 is 2.50 bits per heavy atom. The molecule has 0 aliphatic heterocycles. The Kier molecular flexibility index (Phi) is 5.56. The van der Waals surface area contributed by atoms with Gasteiger partial charge in [0.1, 0.15) is 11.3 Å². The van der Waals surface area contributed by atoms with Crippen LogP contribution in [0.15, 0.2) is 36.4 Å². The maximum Gasteiger partial charge on any atom is 0.341 e. The molecule has 0 unspecified atom stereocenters. The van der Waals surface area contributed by atoms with E-state index in [1.54, 1.807) is 12.1 Å². The Morgan fingerprint density at radius 1 is 1.00 bits per heavy atom. The second kappa shape index (κ2) is 8.04. The maximum absolute atomic E-state index is 12.5. The van der Waals surface area contributed by atoms with Crippen molar-refractivity contribution >= 4 is 11.9 Å². The van der Waals surface area contributed by atoms with Gasteiger partial charge in [-0.3, -0.25) is 4.79 Å². The fourth-order valence-corrected chi connectivity index (χ4v) is 3.29. The number of benzene rings is 2. The minimum Gasteiger partial charge on any atom is -0.496 e. The summed E-state index contributed by atoms with van der Waals surface area (Å²) in [5.74, 6) is -0.139. The third-order valence-electron chi connectivity index (χ3n) is 4.73. The van der Waals surface area contributed by atoms with Crippen LogP contribution in [0.5, 0.6) is 5.75 Å². The van der Waals surface area contributed by atoms with Crippen LogP contribution in [0.4, 0.5) is 0 Å². The Hall–Kier alpha value is -2.82. The summed E-state index contributed by atoms with van der Waals surface area (Å²) in [5, 5.41) is 2.91. The SMILES string of the molecule is COC(=O)c1cc(CNC(=O)c2ccc3c(c2)CCCC3)ccc1OC. The highest BCUT2D eigenvalue weighted by Gasteiger charge is 2.15. The number of carbonyl (C=O) groups excluding carboxylic acids is 2. The van der Waals surface area contributed by atoms with Gasteiger partial charge in [0.05, 0.1) is 14.2 Å². The summed E-state index contributed by atoms with van der Waals surface area (Å²) in [4.78, 5) is 24.3. The van der Waals surface area contributed by atoms with E-state index in [2.05, 4.69) is 11.4 Å². The van der Waals surface area contributed by atoms with Crippen LogP contribution in [0.3, 0.4) is 0 Å². The molecule has 0 saturated heterocycles. The van der Waals surface area contributed by atoms with Crippen LogP contribution < -0.4 is 10.1 Å². The molecule has 0 bridgehead atoms. The summed E-state index contributed by atoms with van der Waals surface area (Å²) in [6.45, 7) is 0.323. The van der Waals surface area contributed by atoms with Gasteiger partial charge in [-0.05, 0) is 66.6 Å². The van der Waals surface area contributed by atoms with Gasteiger partial charge >= 0.3 is 5.97 Å². The number of hydrogen-bond acceptors (Lipinski definition) is 4. The van der Waals surface area contributed by atoms with Crippen LogP contribution in [0.25, 0.3) is 0 Å². The summed E-state index contributed by atoms with van der Waals surface area (Å²) in [7, 11) is 2.83. The first-order valence-corrected chi connectivity index (χ1v) is 8.77. The Labute approximate surface area is 153 Å². The van der Waals surface area contributed by atoms with Gasteiger partial charge in [-0.25, -0.2) is 4.79 Å². The molecule has 0 saturated carbocycles. The number of amides is 1. The number of esters is 1. The molecule has 136 valence electrons.